The maximum Gasteiger partial charge on any atom is 0.0267 e. The van der Waals surface area contributed by atoms with Gasteiger partial charge in [0, 0.05) is 56.3 Å². The van der Waals surface area contributed by atoms with Crippen LogP contribution in [0.2, 0.25) is 18.1 Å². The molecule has 0 amide bonds. The van der Waals surface area contributed by atoms with Gasteiger partial charge in [-0.2, -0.15) is 0 Å². The second-order valence-electron chi connectivity index (χ2n) is 19.7. The molecule has 4 heterocycles. The van der Waals surface area contributed by atoms with Crippen LogP contribution >= 0.6 is 0 Å². The Hall–Kier alpha value is -3.37. The van der Waals surface area contributed by atoms with E-state index in [-0.39, 0.29) is 36.4 Å². The zero-order chi connectivity index (χ0) is 49.9. The Morgan fingerprint density at radius 2 is 1.41 bits per heavy atom. The summed E-state index contributed by atoms with van der Waals surface area (Å²) in [5.41, 5.74) is 0.279. The molecule has 1 saturated carbocycles. The summed E-state index contributed by atoms with van der Waals surface area (Å²) >= 11 is -2.08. The average molecular weight is 1140 g/mol. The van der Waals surface area contributed by atoms with E-state index >= 15 is 0 Å². The Bertz CT molecular complexity index is 1940. The molecule has 9 atom stereocenters. The van der Waals surface area contributed by atoms with Crippen molar-refractivity contribution in [3.8, 4) is 5.75 Å². The molecule has 2 aliphatic heterocycles. The third-order valence-electron chi connectivity index (χ3n) is 14.1. The van der Waals surface area contributed by atoms with Crippen LogP contribution in [0.15, 0.2) is 116 Å². The van der Waals surface area contributed by atoms with Gasteiger partial charge in [0.2, 0.25) is 0 Å². The molecule has 1 aliphatic carbocycles. The van der Waals surface area contributed by atoms with Gasteiger partial charge in [-0.1, -0.05) is 96.1 Å². The standard InChI is InChI=1S/C42H66O10Si.2C5H5N.2O.Os/c1-29-24-34(47-25-31-16-18-32(46-8)19-17-31)37(49-28-45-7)33-20-22-42(44,40(33,5)6)52-38(43)36(29)41(50-26-30-14-12-11-13-15-30)27-48-35(41)21-23-51-53(9,10)39(2,3)4;2*1-2-4-6-5-3-1;;;/h11-19,29,33-38,43-44H,20-28H2,1-10H3;2*1-5H;;;/t29-,33+,34+,35+,36+,37+,38?,41-,42+;;;;;/m0...../s1. The number of hydrogen-bond acceptors (Lipinski definition) is 14. The van der Waals surface area contributed by atoms with E-state index in [4.69, 9.17) is 44.7 Å². The first-order valence-electron chi connectivity index (χ1n) is 23.3. The molecular weight excluding hydrogens is 1060 g/mol. The van der Waals surface area contributed by atoms with Crippen LogP contribution < -0.4 is 4.74 Å². The Morgan fingerprint density at radius 1 is 0.838 bits per heavy atom. The van der Waals surface area contributed by atoms with Crippen molar-refractivity contribution >= 4 is 8.32 Å². The Labute approximate surface area is 413 Å². The zero-order valence-corrected chi connectivity index (χ0v) is 45.1. The summed E-state index contributed by atoms with van der Waals surface area (Å²) in [5, 5.41) is 24.8. The number of fused-ring (bicyclic) bond motifs is 2. The van der Waals surface area contributed by atoms with E-state index < -0.39 is 66.9 Å². The minimum Gasteiger partial charge on any atom is -0.265 e. The van der Waals surface area contributed by atoms with Crippen molar-refractivity contribution < 1.29 is 72.2 Å². The first kappa shape index (κ1) is 57.2. The summed E-state index contributed by atoms with van der Waals surface area (Å²) in [6.07, 6.45) is 6.52. The number of aliphatic hydroxyl groups excluding tert-OH is 1. The molecular formula is C52H76N2O12OsSi. The summed E-state index contributed by atoms with van der Waals surface area (Å²) < 4.78 is 67.8. The summed E-state index contributed by atoms with van der Waals surface area (Å²) in [6.45, 7) is 18.8. The summed E-state index contributed by atoms with van der Waals surface area (Å²) in [4.78, 5) is 7.57. The van der Waals surface area contributed by atoms with Gasteiger partial charge in [-0.25, -0.2) is 0 Å². The molecule has 2 saturated heterocycles. The third-order valence-corrected chi connectivity index (χ3v) is 18.6. The fourth-order valence-corrected chi connectivity index (χ4v) is 10.1. The van der Waals surface area contributed by atoms with E-state index in [0.29, 0.717) is 45.5 Å². The van der Waals surface area contributed by atoms with Crippen LogP contribution in [0.1, 0.15) is 78.4 Å². The maximum absolute atomic E-state index is 12.4. The van der Waals surface area contributed by atoms with Crippen LogP contribution in [0, 0.1) is 23.2 Å². The van der Waals surface area contributed by atoms with Gasteiger partial charge < -0.3 is 47.8 Å². The van der Waals surface area contributed by atoms with Gasteiger partial charge in [0.25, 0.3) is 0 Å². The quantitative estimate of drug-likeness (QED) is 0.0851. The van der Waals surface area contributed by atoms with Crippen molar-refractivity contribution in [3.05, 3.63) is 127 Å². The molecule has 16 heteroatoms. The third kappa shape index (κ3) is 15.6. The van der Waals surface area contributed by atoms with Crippen molar-refractivity contribution in [1.82, 2.24) is 9.97 Å². The van der Waals surface area contributed by atoms with Crippen molar-refractivity contribution in [1.29, 1.82) is 0 Å². The number of nitrogens with zero attached hydrogens (tertiary/aromatic N) is 2. The van der Waals surface area contributed by atoms with Crippen LogP contribution in [0.3, 0.4) is 0 Å². The molecule has 7 rings (SSSR count). The first-order chi connectivity index (χ1) is 32.4. The molecule has 3 fully saturated rings. The molecule has 3 aliphatic rings. The maximum atomic E-state index is 12.4. The van der Waals surface area contributed by atoms with Crippen LogP contribution in [-0.2, 0) is 70.5 Å². The predicted molar refractivity (Wildman–Crippen MR) is 255 cm³/mol. The normalized spacial score (nSPS) is 27.6. The molecule has 2 aromatic heterocycles. The molecule has 4 aromatic rings. The smallest absolute Gasteiger partial charge is 0.0267 e. The Kier molecular flexibility index (Phi) is 23.0. The molecule has 68 heavy (non-hydrogen) atoms. The van der Waals surface area contributed by atoms with Crippen LogP contribution in [0.5, 0.6) is 5.75 Å². The van der Waals surface area contributed by atoms with Gasteiger partial charge in [0.05, 0.1) is 45.2 Å². The first-order valence-corrected chi connectivity index (χ1v) is 28.3. The van der Waals surface area contributed by atoms with Crippen molar-refractivity contribution in [2.24, 2.45) is 23.2 Å². The number of methoxy groups -OCH3 is 2. The topological polar surface area (TPSA) is 174 Å². The molecule has 2 aromatic carbocycles. The van der Waals surface area contributed by atoms with Crippen molar-refractivity contribution in [2.45, 2.75) is 135 Å². The van der Waals surface area contributed by atoms with Gasteiger partial charge in [0.15, 0.2) is 20.4 Å². The second-order valence-corrected chi connectivity index (χ2v) is 24.9. The van der Waals surface area contributed by atoms with Gasteiger partial charge in [-0.05, 0) is 96.8 Å². The molecule has 0 radical (unpaired) electrons. The van der Waals surface area contributed by atoms with Crippen LogP contribution in [-0.4, -0.2) is 98.7 Å². The SMILES string of the molecule is COCO[C@@H]1[C@H]2CC[C@@](O)(OC(O)[C@H]([C@]3(OCc4ccccc4)CO[C@@H]3CCO[Si](C)(C)C(C)(C)C)[C@@H](C)C[C@H]1OCc1ccc(OC)cc1)C2(C)C.[O]=[Os]=[O].c1ccncc1.c1ccncc1. The van der Waals surface area contributed by atoms with E-state index in [2.05, 4.69) is 50.8 Å². The molecule has 14 nitrogen and oxygen atoms in total. The molecule has 378 valence electrons. The van der Waals surface area contributed by atoms with Gasteiger partial charge in [-0.15, -0.1) is 0 Å². The summed E-state index contributed by atoms with van der Waals surface area (Å²) in [7, 11) is 1.24. The Balaban J connectivity index is 0.000000571. The van der Waals surface area contributed by atoms with Crippen molar-refractivity contribution in [2.75, 3.05) is 34.2 Å². The largest absolute Gasteiger partial charge is 0.265 e. The second kappa shape index (κ2) is 27.3. The number of rotatable bonds is 15. The number of aromatic nitrogens is 2. The van der Waals surface area contributed by atoms with Crippen molar-refractivity contribution in [3.63, 3.8) is 0 Å². The fourth-order valence-electron chi connectivity index (χ4n) is 9.04. The summed E-state index contributed by atoms with van der Waals surface area (Å²) in [5.74, 6) is -1.81. The molecule has 0 spiro atoms. The predicted octanol–water partition coefficient (Wildman–Crippen LogP) is 9.37. The van der Waals surface area contributed by atoms with Gasteiger partial charge in [-0.3, -0.25) is 9.97 Å². The number of benzene rings is 2. The number of aliphatic hydroxyl groups is 2. The van der Waals surface area contributed by atoms with E-state index in [1.165, 1.54) is 0 Å². The fraction of sp³-hybridized carbons (Fsp3) is 0.577. The monoisotopic (exact) mass is 1140 g/mol. The minimum absolute atomic E-state index is 0.0624. The van der Waals surface area contributed by atoms with E-state index in [1.54, 1.807) is 39.0 Å². The van der Waals surface area contributed by atoms with Gasteiger partial charge in [0.1, 0.15) is 18.1 Å². The van der Waals surface area contributed by atoms with Crippen LogP contribution in [0.4, 0.5) is 0 Å². The number of ether oxygens (including phenoxy) is 7. The molecule has 1 unspecified atom stereocenters. The van der Waals surface area contributed by atoms with E-state index in [0.717, 1.165) is 16.9 Å². The van der Waals surface area contributed by atoms with Crippen LogP contribution in [0.25, 0.3) is 0 Å². The molecule has 2 bridgehead atoms. The number of hydrogen-bond donors (Lipinski definition) is 2. The Morgan fingerprint density at radius 3 is 1.90 bits per heavy atom. The van der Waals surface area contributed by atoms with Gasteiger partial charge >= 0.3 is 24.4 Å². The average Bonchev–Trinajstić information content (AvgIpc) is 3.54. The van der Waals surface area contributed by atoms with E-state index in [1.807, 2.05) is 105 Å². The number of pyridine rings is 2. The summed E-state index contributed by atoms with van der Waals surface area (Å²) in [6, 6.07) is 29.3. The zero-order valence-electron chi connectivity index (χ0n) is 41.6. The van der Waals surface area contributed by atoms with E-state index in [9.17, 15) is 10.2 Å². The molecule has 2 N–H and O–H groups in total. The minimum atomic E-state index is -2.08.